The van der Waals surface area contributed by atoms with Gasteiger partial charge in [-0.2, -0.15) is 13.2 Å². The van der Waals surface area contributed by atoms with Crippen LogP contribution in [0.25, 0.3) is 0 Å². The van der Waals surface area contributed by atoms with Gasteiger partial charge in [0.25, 0.3) is 0 Å². The zero-order valence-electron chi connectivity index (χ0n) is 61.6. The highest BCUT2D eigenvalue weighted by Gasteiger charge is 2.49. The van der Waals surface area contributed by atoms with Gasteiger partial charge in [-0.1, -0.05) is 93.9 Å². The molecule has 24 nitrogen and oxygen atoms in total. The van der Waals surface area contributed by atoms with Gasteiger partial charge in [-0.3, -0.25) is 57.5 Å². The smallest absolute Gasteiger partial charge is 0.343 e. The molecule has 558 valence electrons. The van der Waals surface area contributed by atoms with Crippen LogP contribution in [0.5, 0.6) is 0 Å². The molecule has 2 saturated heterocycles. The SMILES string of the molecule is CC[C@H](C)[C@@H]1NC(=O)[C@H](CC(C)C)N(C)C(=O)C[C@@H](C(=O)N2CCCCC2)N(C)C(=O)[C@H](CC(C)C)NC(=O)C(C)(C)N(C)C(=O)[C@H](CC(C)C)NC(=O)[C@H](CCC2CCC(C(F)(F)F)C(F)C2)NC(=O)CN(C)C(=O)[C@H](CC2CCCCC2)N(C)C(=O)CN(C)C(=O)CN(C)C1=O. The van der Waals surface area contributed by atoms with Gasteiger partial charge in [-0.15, -0.1) is 0 Å². The Hall–Kier alpha value is -6.64. The molecule has 0 spiro atoms. The van der Waals surface area contributed by atoms with E-state index in [1.807, 2.05) is 34.6 Å². The number of hydrogen-bond donors (Lipinski definition) is 4. The van der Waals surface area contributed by atoms with Crippen molar-refractivity contribution in [2.45, 2.75) is 251 Å². The van der Waals surface area contributed by atoms with Crippen molar-refractivity contribution in [3.8, 4) is 0 Å². The molecule has 11 atom stereocenters. The molecule has 0 aromatic carbocycles. The second kappa shape index (κ2) is 37.7. The number of rotatable bonds is 14. The Bertz CT molecular complexity index is 2760. The van der Waals surface area contributed by atoms with E-state index in [0.29, 0.717) is 32.4 Å². The number of carbonyl (C=O) groups excluding carboxylic acids is 12. The van der Waals surface area contributed by atoms with Crippen molar-refractivity contribution in [1.29, 1.82) is 0 Å². The second-order valence-corrected chi connectivity index (χ2v) is 30.3. The first-order valence-electron chi connectivity index (χ1n) is 35.6. The van der Waals surface area contributed by atoms with Gasteiger partial charge in [-0.05, 0) is 126 Å². The maximum Gasteiger partial charge on any atom is 0.394 e. The molecule has 4 rings (SSSR count). The molecule has 98 heavy (non-hydrogen) atoms. The van der Waals surface area contributed by atoms with Gasteiger partial charge in [0.2, 0.25) is 70.9 Å². The number of piperidine rings is 1. The molecular formula is C70H118F4N12O12. The van der Waals surface area contributed by atoms with Crippen LogP contribution in [0.1, 0.15) is 191 Å². The molecule has 2 saturated carbocycles. The molecular weight excluding hydrogens is 1280 g/mol. The van der Waals surface area contributed by atoms with Crippen LogP contribution in [-0.2, 0) is 57.5 Å². The third-order valence-corrected chi connectivity index (χ3v) is 20.7. The average molecular weight is 1400 g/mol. The number of nitrogens with zero attached hydrogens (tertiary/aromatic N) is 8. The summed E-state index contributed by atoms with van der Waals surface area (Å²) in [6.45, 7) is 16.3. The van der Waals surface area contributed by atoms with Crippen molar-refractivity contribution in [2.24, 2.45) is 41.4 Å². The van der Waals surface area contributed by atoms with E-state index < -0.39 is 188 Å². The minimum atomic E-state index is -4.76. The molecule has 2 aliphatic heterocycles. The molecule has 0 aromatic heterocycles. The molecule has 0 bridgehead atoms. The third kappa shape index (κ3) is 23.8. The molecule has 12 amide bonds. The van der Waals surface area contributed by atoms with E-state index in [1.54, 1.807) is 25.7 Å². The molecule has 3 unspecified atom stereocenters. The summed E-state index contributed by atoms with van der Waals surface area (Å²) in [6, 6.07) is -9.21. The summed E-state index contributed by atoms with van der Waals surface area (Å²) in [6.07, 6.45) is -1.58. The Kier molecular flexibility index (Phi) is 32.2. The Labute approximate surface area is 579 Å². The molecule has 0 radical (unpaired) electrons. The van der Waals surface area contributed by atoms with Crippen molar-refractivity contribution in [3.05, 3.63) is 0 Å². The van der Waals surface area contributed by atoms with Crippen LogP contribution in [0.15, 0.2) is 0 Å². The first-order chi connectivity index (χ1) is 45.6. The molecule has 4 aliphatic rings. The molecule has 4 N–H and O–H groups in total. The predicted molar refractivity (Wildman–Crippen MR) is 362 cm³/mol. The van der Waals surface area contributed by atoms with E-state index in [0.717, 1.165) is 63.0 Å². The molecule has 4 fully saturated rings. The quantitative estimate of drug-likeness (QED) is 0.153. The lowest BCUT2D eigenvalue weighted by Crippen LogP contribution is -2.63. The number of carbonyl (C=O) groups is 12. The molecule has 2 heterocycles. The van der Waals surface area contributed by atoms with Crippen LogP contribution in [0.3, 0.4) is 0 Å². The third-order valence-electron chi connectivity index (χ3n) is 20.7. The van der Waals surface area contributed by atoms with Gasteiger partial charge >= 0.3 is 6.18 Å². The highest BCUT2D eigenvalue weighted by Crippen LogP contribution is 2.43. The Balaban J connectivity index is 1.87. The number of halogens is 4. The van der Waals surface area contributed by atoms with Gasteiger partial charge in [0.05, 0.1) is 32.0 Å². The maximum absolute atomic E-state index is 15.2. The fourth-order valence-electron chi connectivity index (χ4n) is 13.7. The van der Waals surface area contributed by atoms with E-state index in [1.165, 1.54) is 73.0 Å². The van der Waals surface area contributed by atoms with Crippen molar-refractivity contribution in [1.82, 2.24) is 60.5 Å². The number of hydrogen-bond acceptors (Lipinski definition) is 12. The van der Waals surface area contributed by atoms with E-state index in [4.69, 9.17) is 0 Å². The maximum atomic E-state index is 15.2. The fourth-order valence-corrected chi connectivity index (χ4v) is 13.7. The van der Waals surface area contributed by atoms with Crippen LogP contribution in [-0.4, -0.2) is 252 Å². The summed E-state index contributed by atoms with van der Waals surface area (Å²) in [7, 11) is 9.63. The van der Waals surface area contributed by atoms with Crippen molar-refractivity contribution >= 4 is 70.9 Å². The Morgan fingerprint density at radius 1 is 0.541 bits per heavy atom. The lowest BCUT2D eigenvalue weighted by Gasteiger charge is -2.39. The van der Waals surface area contributed by atoms with Crippen LogP contribution in [0, 0.1) is 41.4 Å². The zero-order valence-corrected chi connectivity index (χ0v) is 61.6. The summed E-state index contributed by atoms with van der Waals surface area (Å²) in [5.74, 6) is -12.6. The first-order valence-corrected chi connectivity index (χ1v) is 35.6. The lowest BCUT2D eigenvalue weighted by molar-refractivity contribution is -0.201. The highest BCUT2D eigenvalue weighted by molar-refractivity contribution is 6.00. The number of amides is 12. The number of nitrogens with one attached hydrogen (secondary N) is 4. The van der Waals surface area contributed by atoms with Gasteiger partial charge in [0.1, 0.15) is 54.0 Å². The van der Waals surface area contributed by atoms with E-state index in [2.05, 4.69) is 21.3 Å². The Morgan fingerprint density at radius 3 is 1.63 bits per heavy atom. The zero-order chi connectivity index (χ0) is 74.0. The second-order valence-electron chi connectivity index (χ2n) is 30.3. The van der Waals surface area contributed by atoms with E-state index in [9.17, 15) is 65.9 Å². The summed E-state index contributed by atoms with van der Waals surface area (Å²) in [5.41, 5.74) is -1.78. The van der Waals surface area contributed by atoms with Crippen LogP contribution in [0.4, 0.5) is 17.6 Å². The molecule has 28 heteroatoms. The van der Waals surface area contributed by atoms with Crippen molar-refractivity contribution in [3.63, 3.8) is 0 Å². The summed E-state index contributed by atoms with van der Waals surface area (Å²) in [5, 5.41) is 11.2. The number of likely N-dealkylation sites (tertiary alicyclic amines) is 1. The lowest BCUT2D eigenvalue weighted by atomic mass is 9.78. The highest BCUT2D eigenvalue weighted by atomic mass is 19.4. The predicted octanol–water partition coefficient (Wildman–Crippen LogP) is 5.69. The van der Waals surface area contributed by atoms with Crippen LogP contribution < -0.4 is 21.3 Å². The minimum absolute atomic E-state index is 0.00424. The normalized spacial score (nSPS) is 28.1. The first kappa shape index (κ1) is 83.8. The van der Waals surface area contributed by atoms with Gasteiger partial charge in [-0.25, -0.2) is 4.39 Å². The largest absolute Gasteiger partial charge is 0.394 e. The average Bonchev–Trinajstić information content (AvgIpc) is 0.819. The van der Waals surface area contributed by atoms with Crippen molar-refractivity contribution in [2.75, 3.05) is 82.1 Å². The monoisotopic (exact) mass is 1390 g/mol. The van der Waals surface area contributed by atoms with E-state index in [-0.39, 0.29) is 68.6 Å². The van der Waals surface area contributed by atoms with Gasteiger partial charge in [0, 0.05) is 62.4 Å². The Morgan fingerprint density at radius 2 is 1.08 bits per heavy atom. The van der Waals surface area contributed by atoms with Crippen molar-refractivity contribution < 1.29 is 75.1 Å². The summed E-state index contributed by atoms with van der Waals surface area (Å²) >= 11 is 0. The van der Waals surface area contributed by atoms with Crippen LogP contribution in [0.2, 0.25) is 0 Å². The number of likely N-dealkylation sites (N-methyl/N-ethyl adjacent to an activating group) is 7. The molecule has 0 aromatic rings. The number of alkyl halides is 4. The molecule has 2 aliphatic carbocycles. The fraction of sp³-hybridized carbons (Fsp3) is 0.829. The van der Waals surface area contributed by atoms with Gasteiger partial charge in [0.15, 0.2) is 0 Å². The standard InChI is InChI=1S/C70H118F4N12O12/c1-18-45(8)60-67(97)81(13)40-58(89)79(11)41-59(90)83(15)54(37-46-25-21-19-22-26-46)65(95)80(12)39-56(87)75-50(30-28-47-27-29-48(49(71)36-47)70(72,73)74)61(91)76-52(34-43(4)5)64(94)85(17)69(9,10)68(98)77-51(33-42(2)3)63(93)84(16)55(66(96)86-31-23-20-24-32-86)38-57(88)82(14)53(35-44(6)7)62(92)78-60/h42-55,60H,18-41H2,1-17H3,(H,75,87)(H,76,91)(H,77,98)(H,78,92)/t45-,47?,48?,49?,50-,51-,52-,53-,54-,55-,60-/m0/s1. The van der Waals surface area contributed by atoms with Gasteiger partial charge < -0.3 is 60.5 Å². The minimum Gasteiger partial charge on any atom is -0.343 e. The topological polar surface area (TPSA) is 279 Å². The summed E-state index contributed by atoms with van der Waals surface area (Å²) in [4.78, 5) is 186. The van der Waals surface area contributed by atoms with Crippen LogP contribution >= 0.6 is 0 Å². The summed E-state index contributed by atoms with van der Waals surface area (Å²) < 4.78 is 56.6. The van der Waals surface area contributed by atoms with E-state index >= 15 is 9.18 Å².